The number of aromatic nitrogens is 2. The average Bonchev–Trinajstić information content (AvgIpc) is 3.13. The van der Waals surface area contributed by atoms with Crippen molar-refractivity contribution in [3.63, 3.8) is 0 Å². The SMILES string of the molecule is ClCCc1nc2ccc(Cl)cc2n1C1CCN2CCCC12. The number of nitrogens with zero attached hydrogens (tertiary/aromatic N) is 3. The van der Waals surface area contributed by atoms with E-state index in [9.17, 15) is 0 Å². The summed E-state index contributed by atoms with van der Waals surface area (Å²) in [4.78, 5) is 7.43. The van der Waals surface area contributed by atoms with Gasteiger partial charge in [-0.3, -0.25) is 4.90 Å². The lowest BCUT2D eigenvalue weighted by molar-refractivity contribution is 0.290. The van der Waals surface area contributed by atoms with Crippen LogP contribution in [0.3, 0.4) is 0 Å². The fourth-order valence-electron chi connectivity index (χ4n) is 4.10. The highest BCUT2D eigenvalue weighted by atomic mass is 35.5. The molecule has 21 heavy (non-hydrogen) atoms. The predicted octanol–water partition coefficient (Wildman–Crippen LogP) is 3.88. The molecule has 1 aromatic heterocycles. The Balaban J connectivity index is 1.85. The number of fused-ring (bicyclic) bond motifs is 2. The molecule has 2 aliphatic rings. The minimum Gasteiger partial charge on any atom is -0.323 e. The third kappa shape index (κ3) is 2.26. The van der Waals surface area contributed by atoms with Crippen molar-refractivity contribution in [3.05, 3.63) is 29.0 Å². The number of rotatable bonds is 3. The average molecular weight is 324 g/mol. The van der Waals surface area contributed by atoms with Crippen LogP contribution in [0.4, 0.5) is 0 Å². The Labute approximate surface area is 134 Å². The maximum Gasteiger partial charge on any atom is 0.111 e. The number of hydrogen-bond donors (Lipinski definition) is 0. The number of halogens is 2. The summed E-state index contributed by atoms with van der Waals surface area (Å²) in [6, 6.07) is 7.18. The third-order valence-electron chi connectivity index (χ3n) is 4.94. The largest absolute Gasteiger partial charge is 0.323 e. The highest BCUT2D eigenvalue weighted by Crippen LogP contribution is 2.39. The Bertz CT molecular complexity index is 667. The number of alkyl halides is 1. The van der Waals surface area contributed by atoms with Crippen molar-refractivity contribution < 1.29 is 0 Å². The molecule has 3 heterocycles. The van der Waals surface area contributed by atoms with Crippen molar-refractivity contribution in [1.82, 2.24) is 14.5 Å². The summed E-state index contributed by atoms with van der Waals surface area (Å²) >= 11 is 12.2. The standard InChI is InChI=1S/C16H19Cl2N3/c17-7-5-16-19-12-4-3-11(18)10-15(12)21(16)14-6-9-20-8-1-2-13(14)20/h3-4,10,13-14H,1-2,5-9H2. The molecule has 4 rings (SSSR count). The van der Waals surface area contributed by atoms with Crippen molar-refractivity contribution in [1.29, 1.82) is 0 Å². The van der Waals surface area contributed by atoms with Gasteiger partial charge in [-0.25, -0.2) is 4.98 Å². The lowest BCUT2D eigenvalue weighted by Gasteiger charge is -2.24. The molecule has 2 aromatic rings. The Morgan fingerprint density at radius 2 is 2.10 bits per heavy atom. The molecule has 2 fully saturated rings. The first-order chi connectivity index (χ1) is 10.3. The molecule has 3 nitrogen and oxygen atoms in total. The van der Waals surface area contributed by atoms with Crippen LogP contribution < -0.4 is 0 Å². The maximum absolute atomic E-state index is 6.22. The minimum absolute atomic E-state index is 0.522. The molecule has 2 unspecified atom stereocenters. The van der Waals surface area contributed by atoms with Crippen LogP contribution in [0, 0.1) is 0 Å². The number of aryl methyl sites for hydroxylation is 1. The van der Waals surface area contributed by atoms with E-state index in [0.29, 0.717) is 18.0 Å². The molecule has 2 aliphatic heterocycles. The molecule has 5 heteroatoms. The summed E-state index contributed by atoms with van der Waals surface area (Å²) in [5.74, 6) is 1.72. The molecule has 0 amide bonds. The summed E-state index contributed by atoms with van der Waals surface area (Å²) in [6.45, 7) is 2.45. The Morgan fingerprint density at radius 3 is 2.95 bits per heavy atom. The van der Waals surface area contributed by atoms with E-state index >= 15 is 0 Å². The van der Waals surface area contributed by atoms with E-state index in [2.05, 4.69) is 15.5 Å². The number of imidazole rings is 1. The smallest absolute Gasteiger partial charge is 0.111 e. The van der Waals surface area contributed by atoms with Crippen molar-refractivity contribution in [3.8, 4) is 0 Å². The number of hydrogen-bond acceptors (Lipinski definition) is 2. The van der Waals surface area contributed by atoms with Gasteiger partial charge in [0.2, 0.25) is 0 Å². The second-order valence-corrected chi connectivity index (χ2v) is 6.89. The van der Waals surface area contributed by atoms with Crippen molar-refractivity contribution >= 4 is 34.2 Å². The van der Waals surface area contributed by atoms with Gasteiger partial charge in [-0.2, -0.15) is 0 Å². The second kappa shape index (κ2) is 5.45. The zero-order valence-electron chi connectivity index (χ0n) is 11.9. The molecule has 0 bridgehead atoms. The number of benzene rings is 1. The fraction of sp³-hybridized carbons (Fsp3) is 0.562. The van der Waals surface area contributed by atoms with Crippen LogP contribution in [0.1, 0.15) is 31.1 Å². The normalized spacial score (nSPS) is 25.8. The summed E-state index contributed by atoms with van der Waals surface area (Å²) in [5, 5.41) is 0.780. The van der Waals surface area contributed by atoms with Gasteiger partial charge < -0.3 is 4.57 Å². The highest BCUT2D eigenvalue weighted by Gasteiger charge is 2.39. The van der Waals surface area contributed by atoms with Crippen LogP contribution in [0.15, 0.2) is 18.2 Å². The van der Waals surface area contributed by atoms with E-state index < -0.39 is 0 Å². The topological polar surface area (TPSA) is 21.1 Å². The van der Waals surface area contributed by atoms with E-state index in [1.165, 1.54) is 37.9 Å². The van der Waals surface area contributed by atoms with Gasteiger partial charge in [0.25, 0.3) is 0 Å². The molecular weight excluding hydrogens is 305 g/mol. The summed E-state index contributed by atoms with van der Waals surface area (Å²) < 4.78 is 2.43. The summed E-state index contributed by atoms with van der Waals surface area (Å²) in [5.41, 5.74) is 2.21. The molecule has 0 saturated carbocycles. The van der Waals surface area contributed by atoms with Gasteiger partial charge in [-0.15, -0.1) is 11.6 Å². The van der Waals surface area contributed by atoms with Crippen molar-refractivity contribution in [2.24, 2.45) is 0 Å². The van der Waals surface area contributed by atoms with E-state index in [1.54, 1.807) is 0 Å². The Morgan fingerprint density at radius 1 is 1.19 bits per heavy atom. The molecule has 0 aliphatic carbocycles. The quantitative estimate of drug-likeness (QED) is 0.799. The second-order valence-electron chi connectivity index (χ2n) is 6.07. The molecule has 0 spiro atoms. The monoisotopic (exact) mass is 323 g/mol. The minimum atomic E-state index is 0.522. The summed E-state index contributed by atoms with van der Waals surface area (Å²) in [6.07, 6.45) is 4.64. The zero-order chi connectivity index (χ0) is 14.4. The van der Waals surface area contributed by atoms with Crippen LogP contribution in [-0.4, -0.2) is 39.5 Å². The van der Waals surface area contributed by atoms with E-state index in [4.69, 9.17) is 28.2 Å². The third-order valence-corrected chi connectivity index (χ3v) is 5.37. The molecule has 2 saturated heterocycles. The molecule has 0 N–H and O–H groups in total. The molecule has 1 aromatic carbocycles. The molecule has 0 radical (unpaired) electrons. The highest BCUT2D eigenvalue weighted by molar-refractivity contribution is 6.31. The van der Waals surface area contributed by atoms with Crippen LogP contribution in [0.2, 0.25) is 5.02 Å². The van der Waals surface area contributed by atoms with Gasteiger partial charge in [0.15, 0.2) is 0 Å². The first-order valence-electron chi connectivity index (χ1n) is 7.74. The van der Waals surface area contributed by atoms with Gasteiger partial charge in [0, 0.05) is 29.9 Å². The molecule has 2 atom stereocenters. The summed E-state index contributed by atoms with van der Waals surface area (Å²) in [7, 11) is 0. The maximum atomic E-state index is 6.22. The molecule has 112 valence electrons. The fourth-order valence-corrected chi connectivity index (χ4v) is 4.44. The first-order valence-corrected chi connectivity index (χ1v) is 8.65. The van der Waals surface area contributed by atoms with E-state index in [-0.39, 0.29) is 0 Å². The van der Waals surface area contributed by atoms with Crippen LogP contribution >= 0.6 is 23.2 Å². The first kappa shape index (κ1) is 13.9. The van der Waals surface area contributed by atoms with Gasteiger partial charge in [-0.05, 0) is 44.0 Å². The zero-order valence-corrected chi connectivity index (χ0v) is 13.4. The van der Waals surface area contributed by atoms with Gasteiger partial charge in [0.1, 0.15) is 5.82 Å². The Kier molecular flexibility index (Phi) is 3.60. The van der Waals surface area contributed by atoms with Gasteiger partial charge in [-0.1, -0.05) is 11.6 Å². The van der Waals surface area contributed by atoms with E-state index in [1.807, 2.05) is 12.1 Å². The predicted molar refractivity (Wildman–Crippen MR) is 87.4 cm³/mol. The van der Waals surface area contributed by atoms with Gasteiger partial charge >= 0.3 is 0 Å². The molecular formula is C16H19Cl2N3. The van der Waals surface area contributed by atoms with Crippen LogP contribution in [0.25, 0.3) is 11.0 Å². The lowest BCUT2D eigenvalue weighted by Crippen LogP contribution is -2.28. The van der Waals surface area contributed by atoms with Crippen molar-refractivity contribution in [2.45, 2.75) is 37.8 Å². The van der Waals surface area contributed by atoms with Gasteiger partial charge in [0.05, 0.1) is 17.1 Å². The van der Waals surface area contributed by atoms with E-state index in [0.717, 1.165) is 22.8 Å². The lowest BCUT2D eigenvalue weighted by atomic mass is 10.1. The Hall–Kier alpha value is -0.770. The van der Waals surface area contributed by atoms with Crippen LogP contribution in [-0.2, 0) is 6.42 Å². The van der Waals surface area contributed by atoms with Crippen LogP contribution in [0.5, 0.6) is 0 Å². The van der Waals surface area contributed by atoms with Crippen molar-refractivity contribution in [2.75, 3.05) is 19.0 Å².